The summed E-state index contributed by atoms with van der Waals surface area (Å²) < 4.78 is 0. The molecule has 2 aromatic carbocycles. The van der Waals surface area contributed by atoms with Crippen molar-refractivity contribution >= 4 is 29.6 Å². The van der Waals surface area contributed by atoms with Gasteiger partial charge in [0.2, 0.25) is 5.91 Å². The number of nitrogens with one attached hydrogen (secondary N) is 1. The van der Waals surface area contributed by atoms with Crippen LogP contribution in [0.2, 0.25) is 0 Å². The Hall–Kier alpha value is -2.71. The summed E-state index contributed by atoms with van der Waals surface area (Å²) >= 11 is 1.21. The average molecular weight is 359 g/mol. The molecule has 1 amide bonds. The van der Waals surface area contributed by atoms with Crippen LogP contribution in [0.25, 0.3) is 0 Å². The van der Waals surface area contributed by atoms with Gasteiger partial charge in [-0.2, -0.15) is 5.10 Å². The fraction of sp³-hybridized carbons (Fsp3) is 0.176. The number of nitro groups is 1. The Morgan fingerprint density at radius 1 is 1.28 bits per heavy atom. The molecular weight excluding hydrogens is 342 g/mol. The maximum atomic E-state index is 11.8. The van der Waals surface area contributed by atoms with Crippen LogP contribution in [0.1, 0.15) is 11.1 Å². The number of rotatable bonds is 8. The van der Waals surface area contributed by atoms with Gasteiger partial charge in [-0.25, -0.2) is 5.43 Å². The second-order valence-corrected chi connectivity index (χ2v) is 6.15. The van der Waals surface area contributed by atoms with Gasteiger partial charge in [-0.05, 0) is 11.6 Å². The van der Waals surface area contributed by atoms with Crippen LogP contribution in [0.4, 0.5) is 5.69 Å². The van der Waals surface area contributed by atoms with E-state index in [0.717, 1.165) is 5.56 Å². The molecule has 0 unspecified atom stereocenters. The number of aliphatic hydroxyl groups is 1. The molecule has 2 rings (SSSR count). The van der Waals surface area contributed by atoms with E-state index in [1.165, 1.54) is 24.0 Å². The Balaban J connectivity index is 1.99. The van der Waals surface area contributed by atoms with Crippen molar-refractivity contribution in [1.82, 2.24) is 5.43 Å². The molecule has 0 saturated carbocycles. The first-order chi connectivity index (χ1) is 12.1. The Labute approximate surface area is 148 Å². The number of hydrazone groups is 1. The van der Waals surface area contributed by atoms with Gasteiger partial charge in [-0.3, -0.25) is 14.9 Å². The van der Waals surface area contributed by atoms with Crippen molar-refractivity contribution in [1.29, 1.82) is 0 Å². The van der Waals surface area contributed by atoms with E-state index in [1.54, 1.807) is 12.1 Å². The molecule has 7 nitrogen and oxygen atoms in total. The first-order valence-electron chi connectivity index (χ1n) is 7.48. The molecule has 0 aliphatic rings. The topological polar surface area (TPSA) is 105 Å². The predicted octanol–water partition coefficient (Wildman–Crippen LogP) is 2.37. The normalized spacial score (nSPS) is 10.8. The summed E-state index contributed by atoms with van der Waals surface area (Å²) in [6.45, 7) is -0.0571. The van der Waals surface area contributed by atoms with E-state index in [2.05, 4.69) is 10.5 Å². The Morgan fingerprint density at radius 3 is 2.72 bits per heavy atom. The molecule has 0 fully saturated rings. The lowest BCUT2D eigenvalue weighted by Crippen LogP contribution is -2.19. The zero-order valence-corrected chi connectivity index (χ0v) is 14.1. The Morgan fingerprint density at radius 2 is 2.04 bits per heavy atom. The predicted molar refractivity (Wildman–Crippen MR) is 96.8 cm³/mol. The highest BCUT2D eigenvalue weighted by atomic mass is 32.2. The van der Waals surface area contributed by atoms with Crippen molar-refractivity contribution in [3.8, 4) is 0 Å². The highest BCUT2D eigenvalue weighted by Gasteiger charge is 2.14. The summed E-state index contributed by atoms with van der Waals surface area (Å²) in [5, 5.41) is 23.8. The van der Waals surface area contributed by atoms with Crippen molar-refractivity contribution in [2.24, 2.45) is 5.10 Å². The number of benzene rings is 2. The minimum absolute atomic E-state index is 0.0571. The lowest BCUT2D eigenvalue weighted by Gasteiger charge is -2.03. The van der Waals surface area contributed by atoms with Crippen LogP contribution in [-0.2, 0) is 11.2 Å². The molecule has 2 N–H and O–H groups in total. The third kappa shape index (κ3) is 6.02. The van der Waals surface area contributed by atoms with Crippen LogP contribution in [0.15, 0.2) is 58.5 Å². The lowest BCUT2D eigenvalue weighted by molar-refractivity contribution is -0.387. The number of carbonyl (C=O) groups excluding carboxylic acids is 1. The zero-order valence-electron chi connectivity index (χ0n) is 13.3. The maximum Gasteiger partial charge on any atom is 0.283 e. The Bertz CT molecular complexity index is 766. The highest BCUT2D eigenvalue weighted by molar-refractivity contribution is 7.99. The first kappa shape index (κ1) is 18.6. The van der Waals surface area contributed by atoms with Crippen LogP contribution in [0, 0.1) is 10.1 Å². The molecule has 0 saturated heterocycles. The van der Waals surface area contributed by atoms with Gasteiger partial charge in [0, 0.05) is 17.4 Å². The van der Waals surface area contributed by atoms with Crippen molar-refractivity contribution in [3.63, 3.8) is 0 Å². The van der Waals surface area contributed by atoms with Gasteiger partial charge in [0.1, 0.15) is 0 Å². The van der Waals surface area contributed by atoms with Gasteiger partial charge in [0.05, 0.1) is 29.1 Å². The second kappa shape index (κ2) is 9.55. The number of hydrogen-bond acceptors (Lipinski definition) is 6. The summed E-state index contributed by atoms with van der Waals surface area (Å²) in [5.41, 5.74) is 3.71. The molecule has 0 aliphatic heterocycles. The Kier molecular flexibility index (Phi) is 7.12. The average Bonchev–Trinajstić information content (AvgIpc) is 2.61. The summed E-state index contributed by atoms with van der Waals surface area (Å²) in [4.78, 5) is 22.9. The first-order valence-corrected chi connectivity index (χ1v) is 8.46. The van der Waals surface area contributed by atoms with E-state index in [-0.39, 0.29) is 24.6 Å². The van der Waals surface area contributed by atoms with Crippen LogP contribution in [-0.4, -0.2) is 34.5 Å². The number of nitro benzene ring substituents is 1. The standard InChI is InChI=1S/C17H17N3O4S/c21-8-9-25-16-7-6-14(10-15(16)20(23)24)12-18-19-17(22)11-13-4-2-1-3-5-13/h1-7,10,12,21H,8-9,11H2,(H,19,22). The summed E-state index contributed by atoms with van der Waals surface area (Å²) in [5.74, 6) is 0.108. The summed E-state index contributed by atoms with van der Waals surface area (Å²) in [6, 6.07) is 13.9. The quantitative estimate of drug-likeness (QED) is 0.326. The molecule has 0 radical (unpaired) electrons. The number of thioether (sulfide) groups is 1. The number of aliphatic hydroxyl groups excluding tert-OH is 1. The van der Waals surface area contributed by atoms with Crippen LogP contribution in [0.5, 0.6) is 0 Å². The smallest absolute Gasteiger partial charge is 0.283 e. The van der Waals surface area contributed by atoms with E-state index in [9.17, 15) is 14.9 Å². The largest absolute Gasteiger partial charge is 0.396 e. The minimum Gasteiger partial charge on any atom is -0.396 e. The van der Waals surface area contributed by atoms with E-state index in [0.29, 0.717) is 16.2 Å². The van der Waals surface area contributed by atoms with Crippen molar-refractivity contribution < 1.29 is 14.8 Å². The van der Waals surface area contributed by atoms with Crippen molar-refractivity contribution in [3.05, 3.63) is 69.8 Å². The number of nitrogens with zero attached hydrogens (tertiary/aromatic N) is 2. The van der Waals surface area contributed by atoms with Gasteiger partial charge in [0.25, 0.3) is 5.69 Å². The van der Waals surface area contributed by atoms with Crippen LogP contribution in [0.3, 0.4) is 0 Å². The summed E-state index contributed by atoms with van der Waals surface area (Å²) in [7, 11) is 0. The third-order valence-corrected chi connectivity index (χ3v) is 4.18. The number of amides is 1. The summed E-state index contributed by atoms with van der Waals surface area (Å²) in [6.07, 6.45) is 1.56. The molecule has 0 aliphatic carbocycles. The highest BCUT2D eigenvalue weighted by Crippen LogP contribution is 2.29. The molecule has 130 valence electrons. The van der Waals surface area contributed by atoms with E-state index < -0.39 is 4.92 Å². The van der Waals surface area contributed by atoms with Gasteiger partial charge in [-0.15, -0.1) is 11.8 Å². The van der Waals surface area contributed by atoms with E-state index >= 15 is 0 Å². The third-order valence-electron chi connectivity index (χ3n) is 3.14. The SMILES string of the molecule is O=C(Cc1ccccc1)NN=Cc1ccc(SCCO)c([N+](=O)[O-])c1. The molecule has 8 heteroatoms. The molecular formula is C17H17N3O4S. The van der Waals surface area contributed by atoms with Gasteiger partial charge in [0.15, 0.2) is 0 Å². The fourth-order valence-corrected chi connectivity index (χ4v) is 2.79. The number of carbonyl (C=O) groups is 1. The van der Waals surface area contributed by atoms with Crippen LogP contribution >= 0.6 is 11.8 Å². The van der Waals surface area contributed by atoms with Gasteiger partial charge >= 0.3 is 0 Å². The van der Waals surface area contributed by atoms with Crippen molar-refractivity contribution in [2.45, 2.75) is 11.3 Å². The molecule has 2 aromatic rings. The van der Waals surface area contributed by atoms with E-state index in [1.807, 2.05) is 30.3 Å². The second-order valence-electron chi connectivity index (χ2n) is 5.01. The molecule has 0 aromatic heterocycles. The van der Waals surface area contributed by atoms with E-state index in [4.69, 9.17) is 5.11 Å². The minimum atomic E-state index is -0.481. The molecule has 25 heavy (non-hydrogen) atoms. The molecule has 0 spiro atoms. The molecule has 0 heterocycles. The number of hydrogen-bond donors (Lipinski definition) is 2. The monoisotopic (exact) mass is 359 g/mol. The maximum absolute atomic E-state index is 11.8. The lowest BCUT2D eigenvalue weighted by atomic mass is 10.1. The van der Waals surface area contributed by atoms with Gasteiger partial charge < -0.3 is 5.11 Å². The van der Waals surface area contributed by atoms with Crippen LogP contribution < -0.4 is 5.43 Å². The molecule has 0 bridgehead atoms. The molecule has 0 atom stereocenters. The zero-order chi connectivity index (χ0) is 18.1. The van der Waals surface area contributed by atoms with Crippen molar-refractivity contribution in [2.75, 3.05) is 12.4 Å². The van der Waals surface area contributed by atoms with Gasteiger partial charge in [-0.1, -0.05) is 36.4 Å². The fourth-order valence-electron chi connectivity index (χ4n) is 2.03.